The summed E-state index contributed by atoms with van der Waals surface area (Å²) in [4.78, 5) is 28.0. The zero-order valence-electron chi connectivity index (χ0n) is 62.5. The molecule has 14 heteroatoms. The van der Waals surface area contributed by atoms with Crippen LogP contribution in [0, 0.1) is 7.43 Å². The number of hydrogen-bond acceptors (Lipinski definition) is 10. The molecule has 0 aliphatic carbocycles. The van der Waals surface area contributed by atoms with Crippen molar-refractivity contribution in [2.75, 3.05) is 0 Å². The Kier molecular flexibility index (Phi) is 16.2. The van der Waals surface area contributed by atoms with Gasteiger partial charge in [0.25, 0.3) is 0 Å². The van der Waals surface area contributed by atoms with Crippen LogP contribution in [0.4, 0.5) is 0 Å². The van der Waals surface area contributed by atoms with Crippen LogP contribution in [-0.2, 0) is 20.1 Å². The van der Waals surface area contributed by atoms with Crippen molar-refractivity contribution in [3.8, 4) is 91.3 Å². The molecule has 2 spiro atoms. The van der Waals surface area contributed by atoms with Crippen LogP contribution in [0.2, 0.25) is 5.28 Å². The Morgan fingerprint density at radius 3 is 1.05 bits per heavy atom. The number of aromatic nitrogens is 8. The molecule has 23 rings (SSSR count). The van der Waals surface area contributed by atoms with Crippen molar-refractivity contribution in [1.82, 2.24) is 39.0 Å². The smallest absolute Gasteiger partial charge is 0.457 e. The standard InChI is InChI=1S/C46H28N4O.C37H30BNO3.C15H10ClN3.CH3/c1-3-14-29(15-4-1)43-47-44(30-16-5-2-6-17-30)49-45(48-43)31-26-27-41-37(28-31)46(35-21-9-12-25-40(35)51-41)34-20-8-11-24-39(34)50-38-23-10-7-18-32(38)33-19-13-22-36(46)42(33)50;1-35(2)36(3,4)42-38(41-35)23-20-21-33-29(22-23)37(27-15-7-10-19-32(27)40-33)26-14-6-9-18-31(26)39-30-17-8-5-12-24(30)25-13-11-16-28(37)34(25)39;16-15-18-13(11-7-3-1-4-8-11)17-14(19-15)12-9-5-2-6-10-12;/h1-28H;5-22H,1-4H3;1-10H;1H3/q;;;-1. The van der Waals surface area contributed by atoms with Gasteiger partial charge in [-0.2, -0.15) is 9.97 Å². The minimum absolute atomic E-state index is 0. The van der Waals surface area contributed by atoms with Gasteiger partial charge in [-0.3, -0.25) is 0 Å². The van der Waals surface area contributed by atoms with E-state index in [0.717, 1.165) is 84.2 Å². The molecule has 4 aromatic heterocycles. The van der Waals surface area contributed by atoms with E-state index in [9.17, 15) is 0 Å². The summed E-state index contributed by atoms with van der Waals surface area (Å²) in [5.74, 6) is 6.43. The Morgan fingerprint density at radius 1 is 0.283 bits per heavy atom. The molecular formula is C99H71BClN8O4-. The van der Waals surface area contributed by atoms with E-state index in [1.807, 2.05) is 121 Å². The Labute approximate surface area is 659 Å². The molecule has 0 radical (unpaired) electrons. The maximum Gasteiger partial charge on any atom is 0.494 e. The molecule has 0 N–H and O–H groups in total. The second-order valence-corrected chi connectivity index (χ2v) is 30.3. The lowest BCUT2D eigenvalue weighted by Crippen LogP contribution is -2.41. The van der Waals surface area contributed by atoms with E-state index in [2.05, 4.69) is 270 Å². The molecule has 5 aliphatic heterocycles. The third-order valence-electron chi connectivity index (χ3n) is 23.3. The van der Waals surface area contributed by atoms with E-state index >= 15 is 0 Å². The Morgan fingerprint density at radius 2 is 0.611 bits per heavy atom. The van der Waals surface area contributed by atoms with Crippen molar-refractivity contribution >= 4 is 67.8 Å². The van der Waals surface area contributed by atoms with Gasteiger partial charge in [0.15, 0.2) is 29.1 Å². The summed E-state index contributed by atoms with van der Waals surface area (Å²) < 4.78 is 31.4. The van der Waals surface area contributed by atoms with Crippen LogP contribution in [0.25, 0.3) is 112 Å². The molecule has 9 heterocycles. The number of halogens is 1. The number of para-hydroxylation sites is 8. The molecule has 5 aliphatic rings. The maximum absolute atomic E-state index is 6.78. The molecule has 2 unspecified atom stereocenters. The third-order valence-corrected chi connectivity index (χ3v) is 23.4. The van der Waals surface area contributed by atoms with E-state index in [-0.39, 0.29) is 12.7 Å². The summed E-state index contributed by atoms with van der Waals surface area (Å²) in [6, 6.07) is 118. The highest BCUT2D eigenvalue weighted by Crippen LogP contribution is 2.63. The molecule has 14 aromatic carbocycles. The van der Waals surface area contributed by atoms with Crippen molar-refractivity contribution in [1.29, 1.82) is 0 Å². The second-order valence-electron chi connectivity index (χ2n) is 29.9. The monoisotopic (exact) mass is 1480 g/mol. The first-order valence-corrected chi connectivity index (χ1v) is 38.1. The van der Waals surface area contributed by atoms with Crippen LogP contribution in [0.15, 0.2) is 340 Å². The van der Waals surface area contributed by atoms with Gasteiger partial charge >= 0.3 is 7.12 Å². The van der Waals surface area contributed by atoms with Crippen LogP contribution >= 0.6 is 11.6 Å². The molecule has 2 atom stereocenters. The number of fused-ring (bicyclic) bond motifs is 22. The summed E-state index contributed by atoms with van der Waals surface area (Å²) in [6.45, 7) is 8.40. The number of nitrogens with zero attached hydrogens (tertiary/aromatic N) is 8. The van der Waals surface area contributed by atoms with Crippen LogP contribution < -0.4 is 14.9 Å². The van der Waals surface area contributed by atoms with Gasteiger partial charge in [0, 0.05) is 71.6 Å². The van der Waals surface area contributed by atoms with Gasteiger partial charge < -0.3 is 35.3 Å². The van der Waals surface area contributed by atoms with E-state index in [1.54, 1.807) is 0 Å². The highest BCUT2D eigenvalue weighted by molar-refractivity contribution is 6.62. The summed E-state index contributed by atoms with van der Waals surface area (Å²) >= 11 is 5.99. The summed E-state index contributed by atoms with van der Waals surface area (Å²) in [6.07, 6.45) is 0. The molecule has 0 bridgehead atoms. The highest BCUT2D eigenvalue weighted by atomic mass is 35.5. The molecule has 1 fully saturated rings. The van der Waals surface area contributed by atoms with Crippen LogP contribution in [0.3, 0.4) is 0 Å². The summed E-state index contributed by atoms with van der Waals surface area (Å²) in [5.41, 5.74) is 20.0. The van der Waals surface area contributed by atoms with Crippen LogP contribution in [0.1, 0.15) is 72.2 Å². The maximum atomic E-state index is 6.78. The van der Waals surface area contributed by atoms with Gasteiger partial charge in [-0.25, -0.2) is 19.9 Å². The predicted molar refractivity (Wildman–Crippen MR) is 453 cm³/mol. The minimum Gasteiger partial charge on any atom is -0.457 e. The number of benzene rings is 14. The lowest BCUT2D eigenvalue weighted by Gasteiger charge is -2.45. The van der Waals surface area contributed by atoms with Gasteiger partial charge in [0.1, 0.15) is 23.0 Å². The molecule has 0 saturated carbocycles. The van der Waals surface area contributed by atoms with E-state index in [4.69, 9.17) is 45.3 Å². The first-order chi connectivity index (χ1) is 54.9. The van der Waals surface area contributed by atoms with Crippen molar-refractivity contribution < 1.29 is 18.8 Å². The van der Waals surface area contributed by atoms with Crippen molar-refractivity contribution in [2.45, 2.75) is 49.7 Å². The molecule has 0 amide bonds. The van der Waals surface area contributed by atoms with E-state index in [0.29, 0.717) is 29.1 Å². The van der Waals surface area contributed by atoms with Gasteiger partial charge in [-0.15, -0.1) is 0 Å². The van der Waals surface area contributed by atoms with Gasteiger partial charge in [0.2, 0.25) is 5.28 Å². The molecular weight excluding hydrogens is 1410 g/mol. The molecule has 12 nitrogen and oxygen atoms in total. The largest absolute Gasteiger partial charge is 0.494 e. The topological polar surface area (TPSA) is 124 Å². The van der Waals surface area contributed by atoms with Crippen molar-refractivity contribution in [3.05, 3.63) is 397 Å². The molecule has 1 saturated heterocycles. The van der Waals surface area contributed by atoms with Crippen molar-refractivity contribution in [3.63, 3.8) is 0 Å². The summed E-state index contributed by atoms with van der Waals surface area (Å²) in [7, 11) is -0.476. The lowest BCUT2D eigenvalue weighted by atomic mass is 9.60. The normalized spacial score (nSPS) is 16.4. The molecule has 113 heavy (non-hydrogen) atoms. The average molecular weight is 1480 g/mol. The van der Waals surface area contributed by atoms with Gasteiger partial charge in [0.05, 0.1) is 55.5 Å². The minimum atomic E-state index is -0.682. The molecule has 18 aromatic rings. The first-order valence-electron chi connectivity index (χ1n) is 37.8. The van der Waals surface area contributed by atoms with Gasteiger partial charge in [-0.05, 0) is 128 Å². The Hall–Kier alpha value is -13.4. The fourth-order valence-electron chi connectivity index (χ4n) is 17.7. The Balaban J connectivity index is 0.000000120. The predicted octanol–water partition coefficient (Wildman–Crippen LogP) is 23.0. The average Bonchev–Trinajstić information content (AvgIpc) is 1.65. The first kappa shape index (κ1) is 68.8. The fourth-order valence-corrected chi connectivity index (χ4v) is 17.8. The van der Waals surface area contributed by atoms with Crippen LogP contribution in [-0.4, -0.2) is 57.4 Å². The van der Waals surface area contributed by atoms with Crippen molar-refractivity contribution in [2.24, 2.45) is 0 Å². The zero-order valence-corrected chi connectivity index (χ0v) is 63.3. The summed E-state index contributed by atoms with van der Waals surface area (Å²) in [5, 5.41) is 5.18. The zero-order chi connectivity index (χ0) is 75.0. The lowest BCUT2D eigenvalue weighted by molar-refractivity contribution is 0.00578. The quantitative estimate of drug-likeness (QED) is 0.117. The number of ether oxygens (including phenoxy) is 2. The highest BCUT2D eigenvalue weighted by Gasteiger charge is 2.55. The van der Waals surface area contributed by atoms with Crippen LogP contribution in [0.5, 0.6) is 23.0 Å². The number of rotatable bonds is 6. The van der Waals surface area contributed by atoms with E-state index < -0.39 is 29.2 Å². The second kappa shape index (κ2) is 26.7. The number of hydrogen-bond donors (Lipinski definition) is 0. The van der Waals surface area contributed by atoms with Gasteiger partial charge in [-0.1, -0.05) is 279 Å². The molecule has 542 valence electrons. The SMILES string of the molecule is CC1(C)OB(c2ccc3c(c2)C2(c4ccccc4O3)c3ccccc3-n3c4ccccc4c4cccc2c43)OC1(C)C.Clc1nc(-c2ccccc2)nc(-c2ccccc2)n1.[CH3-].c1ccc(-c2nc(-c3ccccc3)nc(-c3ccc4c(c3)C3(c5ccccc5O4)c4ccccc4-n4c5ccccc5c5cccc3c54)n2)cc1. The third kappa shape index (κ3) is 10.7. The Bertz CT molecular complexity index is 6700. The fraction of sp³-hybridized carbons (Fsp3) is 0.0808. The van der Waals surface area contributed by atoms with E-state index in [1.165, 1.54) is 71.6 Å².